The summed E-state index contributed by atoms with van der Waals surface area (Å²) in [4.78, 5) is 13.6. The molecule has 0 spiro atoms. The number of ketones is 1. The van der Waals surface area contributed by atoms with Gasteiger partial charge < -0.3 is 4.74 Å². The minimum Gasteiger partial charge on any atom is -0.377 e. The van der Waals surface area contributed by atoms with Crippen LogP contribution in [-0.4, -0.2) is 55.0 Å². The minimum atomic E-state index is 0.189. The highest BCUT2D eigenvalue weighted by molar-refractivity contribution is 8.00. The van der Waals surface area contributed by atoms with Crippen LogP contribution in [0.3, 0.4) is 0 Å². The van der Waals surface area contributed by atoms with E-state index in [1.54, 1.807) is 7.11 Å². The molecule has 1 aliphatic heterocycles. The topological polar surface area (TPSA) is 29.5 Å². The Morgan fingerprint density at radius 1 is 1.64 bits per heavy atom. The molecule has 0 radical (unpaired) electrons. The van der Waals surface area contributed by atoms with Crippen molar-refractivity contribution < 1.29 is 9.53 Å². The van der Waals surface area contributed by atoms with Gasteiger partial charge in [0.25, 0.3) is 0 Å². The molecule has 1 atom stereocenters. The molecule has 0 amide bonds. The first-order valence-corrected chi connectivity index (χ1v) is 6.15. The number of ether oxygens (including phenoxy) is 1. The average molecular weight is 217 g/mol. The Bertz CT molecular complexity index is 187. The molecule has 0 aliphatic carbocycles. The summed E-state index contributed by atoms with van der Waals surface area (Å²) in [6.07, 6.45) is 1.19. The summed E-state index contributed by atoms with van der Waals surface area (Å²) in [7, 11) is 1.57. The van der Waals surface area contributed by atoms with Crippen LogP contribution in [0.2, 0.25) is 0 Å². The lowest BCUT2D eigenvalue weighted by atomic mass is 10.2. The Morgan fingerprint density at radius 2 is 2.43 bits per heavy atom. The quantitative estimate of drug-likeness (QED) is 0.688. The Kier molecular flexibility index (Phi) is 5.52. The van der Waals surface area contributed by atoms with Crippen LogP contribution in [0.5, 0.6) is 0 Å². The van der Waals surface area contributed by atoms with Crippen LogP contribution in [0.1, 0.15) is 13.3 Å². The van der Waals surface area contributed by atoms with Gasteiger partial charge in [0, 0.05) is 31.2 Å². The zero-order valence-corrected chi connectivity index (χ0v) is 9.81. The van der Waals surface area contributed by atoms with E-state index in [0.717, 1.165) is 18.8 Å². The molecule has 1 heterocycles. The first-order chi connectivity index (χ1) is 6.76. The molecule has 4 heteroatoms. The fourth-order valence-electron chi connectivity index (χ4n) is 1.63. The van der Waals surface area contributed by atoms with Crippen molar-refractivity contribution in [2.24, 2.45) is 0 Å². The summed E-state index contributed by atoms with van der Waals surface area (Å²) in [5.74, 6) is 1.34. The van der Waals surface area contributed by atoms with E-state index in [4.69, 9.17) is 4.74 Å². The van der Waals surface area contributed by atoms with Crippen LogP contribution in [-0.2, 0) is 9.53 Å². The zero-order chi connectivity index (χ0) is 10.4. The number of thioether (sulfide) groups is 1. The second-order valence-corrected chi connectivity index (χ2v) is 5.02. The fourth-order valence-corrected chi connectivity index (χ4v) is 2.88. The number of methoxy groups -OCH3 is 1. The maximum Gasteiger partial charge on any atom is 0.172 e. The van der Waals surface area contributed by atoms with Crippen molar-refractivity contribution in [3.8, 4) is 0 Å². The number of hydrogen-bond acceptors (Lipinski definition) is 4. The van der Waals surface area contributed by atoms with Gasteiger partial charge in [0.2, 0.25) is 0 Å². The Hall–Kier alpha value is -0.0600. The third-order valence-electron chi connectivity index (χ3n) is 2.38. The third kappa shape index (κ3) is 3.98. The van der Waals surface area contributed by atoms with Gasteiger partial charge in [-0.1, -0.05) is 6.92 Å². The lowest BCUT2D eigenvalue weighted by Gasteiger charge is -2.31. The molecule has 0 aromatic carbocycles. The maximum absolute atomic E-state index is 11.3. The van der Waals surface area contributed by atoms with Crippen molar-refractivity contribution in [3.63, 3.8) is 0 Å². The lowest BCUT2D eigenvalue weighted by molar-refractivity contribution is -0.123. The fraction of sp³-hybridized carbons (Fsp3) is 0.900. The first kappa shape index (κ1) is 12.0. The van der Waals surface area contributed by atoms with Gasteiger partial charge in [0.1, 0.15) is 6.61 Å². The summed E-state index contributed by atoms with van der Waals surface area (Å²) in [5, 5.41) is 0.707. The number of carbonyl (C=O) groups excluding carboxylic acids is 1. The van der Waals surface area contributed by atoms with Crippen molar-refractivity contribution in [2.45, 2.75) is 18.6 Å². The molecule has 0 aromatic heterocycles. The first-order valence-electron chi connectivity index (χ1n) is 5.10. The van der Waals surface area contributed by atoms with Crippen LogP contribution in [0, 0.1) is 0 Å². The minimum absolute atomic E-state index is 0.189. The molecule has 1 rings (SSSR count). The summed E-state index contributed by atoms with van der Waals surface area (Å²) >= 11 is 2.02. The molecular weight excluding hydrogens is 198 g/mol. The Balaban J connectivity index is 2.26. The molecule has 1 saturated heterocycles. The van der Waals surface area contributed by atoms with E-state index < -0.39 is 0 Å². The van der Waals surface area contributed by atoms with Crippen molar-refractivity contribution in [3.05, 3.63) is 0 Å². The number of nitrogens with zero attached hydrogens (tertiary/aromatic N) is 1. The summed E-state index contributed by atoms with van der Waals surface area (Å²) < 4.78 is 4.82. The van der Waals surface area contributed by atoms with Gasteiger partial charge in [-0.3, -0.25) is 9.69 Å². The SMILES string of the molecule is CCC1CN(CC(=O)COC)CCS1. The van der Waals surface area contributed by atoms with E-state index >= 15 is 0 Å². The van der Waals surface area contributed by atoms with Crippen molar-refractivity contribution in [2.75, 3.05) is 39.1 Å². The van der Waals surface area contributed by atoms with Gasteiger partial charge in [0.05, 0.1) is 6.54 Å². The molecule has 0 bridgehead atoms. The molecule has 0 aromatic rings. The molecule has 82 valence electrons. The van der Waals surface area contributed by atoms with E-state index in [0.29, 0.717) is 11.8 Å². The van der Waals surface area contributed by atoms with Crippen molar-refractivity contribution >= 4 is 17.5 Å². The van der Waals surface area contributed by atoms with Crippen molar-refractivity contribution in [1.82, 2.24) is 4.90 Å². The molecular formula is C10H19NO2S. The number of Topliss-reactive ketones (excluding diaryl/α,β-unsaturated/α-hetero) is 1. The number of carbonyl (C=O) groups is 1. The Morgan fingerprint density at radius 3 is 3.07 bits per heavy atom. The van der Waals surface area contributed by atoms with Crippen LogP contribution in [0.15, 0.2) is 0 Å². The summed E-state index contributed by atoms with van der Waals surface area (Å²) in [6.45, 7) is 5.11. The van der Waals surface area contributed by atoms with E-state index in [1.807, 2.05) is 11.8 Å². The maximum atomic E-state index is 11.3. The standard InChI is InChI=1S/C10H19NO2S/c1-3-10-7-11(4-5-14-10)6-9(12)8-13-2/h10H,3-8H2,1-2H3. The monoisotopic (exact) mass is 217 g/mol. The second-order valence-electron chi connectivity index (χ2n) is 3.61. The molecule has 14 heavy (non-hydrogen) atoms. The van der Waals surface area contributed by atoms with E-state index in [9.17, 15) is 4.79 Å². The number of rotatable bonds is 5. The molecule has 1 unspecified atom stereocenters. The van der Waals surface area contributed by atoms with Gasteiger partial charge in [0.15, 0.2) is 5.78 Å². The molecule has 1 aliphatic rings. The molecule has 3 nitrogen and oxygen atoms in total. The van der Waals surface area contributed by atoms with Gasteiger partial charge in [-0.25, -0.2) is 0 Å². The normalized spacial score (nSPS) is 23.7. The highest BCUT2D eigenvalue weighted by Crippen LogP contribution is 2.20. The zero-order valence-electron chi connectivity index (χ0n) is 8.99. The van der Waals surface area contributed by atoms with Crippen LogP contribution >= 0.6 is 11.8 Å². The van der Waals surface area contributed by atoms with E-state index in [1.165, 1.54) is 6.42 Å². The molecule has 1 fully saturated rings. The number of hydrogen-bond donors (Lipinski definition) is 0. The van der Waals surface area contributed by atoms with Crippen LogP contribution in [0.25, 0.3) is 0 Å². The van der Waals surface area contributed by atoms with Crippen molar-refractivity contribution in [1.29, 1.82) is 0 Å². The molecule has 0 saturated carbocycles. The smallest absolute Gasteiger partial charge is 0.172 e. The van der Waals surface area contributed by atoms with Crippen LogP contribution in [0.4, 0.5) is 0 Å². The average Bonchev–Trinajstić information content (AvgIpc) is 2.18. The molecule has 0 N–H and O–H groups in total. The van der Waals surface area contributed by atoms with E-state index in [2.05, 4.69) is 11.8 Å². The van der Waals surface area contributed by atoms with E-state index in [-0.39, 0.29) is 12.4 Å². The van der Waals surface area contributed by atoms with Gasteiger partial charge in [-0.2, -0.15) is 11.8 Å². The highest BCUT2D eigenvalue weighted by atomic mass is 32.2. The summed E-state index contributed by atoms with van der Waals surface area (Å²) in [6, 6.07) is 0. The lowest BCUT2D eigenvalue weighted by Crippen LogP contribution is -2.41. The predicted octanol–water partition coefficient (Wildman–Crippen LogP) is 1.03. The second kappa shape index (κ2) is 6.43. The largest absolute Gasteiger partial charge is 0.377 e. The van der Waals surface area contributed by atoms with Gasteiger partial charge in [-0.05, 0) is 6.42 Å². The summed E-state index contributed by atoms with van der Waals surface area (Å²) in [5.41, 5.74) is 0. The third-order valence-corrected chi connectivity index (χ3v) is 3.76. The highest BCUT2D eigenvalue weighted by Gasteiger charge is 2.20. The van der Waals surface area contributed by atoms with Gasteiger partial charge >= 0.3 is 0 Å². The van der Waals surface area contributed by atoms with Gasteiger partial charge in [-0.15, -0.1) is 0 Å². The van der Waals surface area contributed by atoms with Crippen LogP contribution < -0.4 is 0 Å². The Labute approximate surface area is 90.2 Å². The predicted molar refractivity (Wildman–Crippen MR) is 59.9 cm³/mol.